The largest absolute Gasteiger partial charge is 0.327 e. The Bertz CT molecular complexity index is 139. The van der Waals surface area contributed by atoms with E-state index in [1.165, 1.54) is 51.7 Å². The summed E-state index contributed by atoms with van der Waals surface area (Å²) in [6.45, 7) is 3.92. The van der Waals surface area contributed by atoms with Gasteiger partial charge in [-0.2, -0.15) is 0 Å². The molecule has 2 heteroatoms. The molecule has 0 bridgehead atoms. The van der Waals surface area contributed by atoms with Gasteiger partial charge in [0.25, 0.3) is 0 Å². The van der Waals surface area contributed by atoms with E-state index in [9.17, 15) is 0 Å². The number of hydrogen-bond acceptors (Lipinski definition) is 2. The Morgan fingerprint density at radius 3 is 2.17 bits per heavy atom. The molecule has 1 heterocycles. The molecule has 1 aliphatic carbocycles. The van der Waals surface area contributed by atoms with E-state index >= 15 is 0 Å². The Morgan fingerprint density at radius 2 is 1.67 bits per heavy atom. The van der Waals surface area contributed by atoms with E-state index in [1.807, 2.05) is 0 Å². The number of likely N-dealkylation sites (tertiary alicyclic amines) is 1. The van der Waals surface area contributed by atoms with Crippen molar-refractivity contribution in [2.45, 2.75) is 38.1 Å². The first kappa shape index (κ1) is 8.52. The number of nitrogens with zero attached hydrogens (tertiary/aromatic N) is 1. The Labute approximate surface area is 75.1 Å². The Kier molecular flexibility index (Phi) is 2.66. The molecule has 0 aromatic carbocycles. The highest BCUT2D eigenvalue weighted by molar-refractivity contribution is 4.92. The molecule has 0 unspecified atom stereocenters. The Morgan fingerprint density at radius 1 is 1.08 bits per heavy atom. The standard InChI is InChI=1S/C10H20N2/c11-10-7-9(10)8-12-5-3-1-2-4-6-12/h9-10H,1-8,11H2/t9-,10-/m1/s1. The first-order chi connectivity index (χ1) is 5.86. The molecule has 2 N–H and O–H groups in total. The van der Waals surface area contributed by atoms with Gasteiger partial charge in [-0.15, -0.1) is 0 Å². The topological polar surface area (TPSA) is 29.3 Å². The van der Waals surface area contributed by atoms with Crippen molar-refractivity contribution < 1.29 is 0 Å². The van der Waals surface area contributed by atoms with Gasteiger partial charge in [-0.1, -0.05) is 12.8 Å². The minimum absolute atomic E-state index is 0.535. The van der Waals surface area contributed by atoms with Crippen molar-refractivity contribution in [3.63, 3.8) is 0 Å². The summed E-state index contributed by atoms with van der Waals surface area (Å²) in [5, 5.41) is 0. The Balaban J connectivity index is 1.71. The zero-order chi connectivity index (χ0) is 8.39. The van der Waals surface area contributed by atoms with Crippen molar-refractivity contribution in [2.24, 2.45) is 11.7 Å². The summed E-state index contributed by atoms with van der Waals surface area (Å²) in [6.07, 6.45) is 6.96. The van der Waals surface area contributed by atoms with Crippen LogP contribution in [-0.4, -0.2) is 30.6 Å². The van der Waals surface area contributed by atoms with E-state index in [2.05, 4.69) is 4.90 Å². The number of nitrogens with two attached hydrogens (primary N) is 1. The summed E-state index contributed by atoms with van der Waals surface area (Å²) in [4.78, 5) is 2.62. The maximum absolute atomic E-state index is 5.80. The monoisotopic (exact) mass is 168 g/mol. The van der Waals surface area contributed by atoms with Crippen LogP contribution in [0.2, 0.25) is 0 Å². The van der Waals surface area contributed by atoms with Crippen LogP contribution in [0.4, 0.5) is 0 Å². The molecule has 2 atom stereocenters. The minimum atomic E-state index is 0.535. The highest BCUT2D eigenvalue weighted by Crippen LogP contribution is 2.29. The van der Waals surface area contributed by atoms with Crippen molar-refractivity contribution in [2.75, 3.05) is 19.6 Å². The zero-order valence-corrected chi connectivity index (χ0v) is 7.84. The van der Waals surface area contributed by atoms with Crippen LogP contribution in [0.15, 0.2) is 0 Å². The molecule has 2 rings (SSSR count). The zero-order valence-electron chi connectivity index (χ0n) is 7.84. The normalized spacial score (nSPS) is 37.8. The van der Waals surface area contributed by atoms with Gasteiger partial charge < -0.3 is 10.6 Å². The molecular weight excluding hydrogens is 148 g/mol. The fourth-order valence-corrected chi connectivity index (χ4v) is 2.13. The van der Waals surface area contributed by atoms with Crippen molar-refractivity contribution in [1.29, 1.82) is 0 Å². The highest BCUT2D eigenvalue weighted by Gasteiger charge is 2.34. The maximum Gasteiger partial charge on any atom is 0.00836 e. The van der Waals surface area contributed by atoms with Crippen LogP contribution >= 0.6 is 0 Å². The summed E-state index contributed by atoms with van der Waals surface area (Å²) in [7, 11) is 0. The van der Waals surface area contributed by atoms with E-state index in [4.69, 9.17) is 5.73 Å². The van der Waals surface area contributed by atoms with Gasteiger partial charge in [-0.3, -0.25) is 0 Å². The molecular formula is C10H20N2. The number of rotatable bonds is 2. The fraction of sp³-hybridized carbons (Fsp3) is 1.00. The summed E-state index contributed by atoms with van der Waals surface area (Å²) >= 11 is 0. The van der Waals surface area contributed by atoms with E-state index in [1.54, 1.807) is 0 Å². The van der Waals surface area contributed by atoms with Crippen molar-refractivity contribution in [3.05, 3.63) is 0 Å². The minimum Gasteiger partial charge on any atom is -0.327 e. The van der Waals surface area contributed by atoms with Gasteiger partial charge in [0.2, 0.25) is 0 Å². The SMILES string of the molecule is N[C@@H]1C[C@@H]1CN1CCCCCC1. The molecule has 0 amide bonds. The van der Waals surface area contributed by atoms with Crippen molar-refractivity contribution in [1.82, 2.24) is 4.90 Å². The third-order valence-corrected chi connectivity index (χ3v) is 3.17. The summed E-state index contributed by atoms with van der Waals surface area (Å²) < 4.78 is 0. The second-order valence-electron chi connectivity index (χ2n) is 4.37. The average Bonchev–Trinajstić information content (AvgIpc) is 2.78. The molecule has 0 radical (unpaired) electrons. The quantitative estimate of drug-likeness (QED) is 0.671. The lowest BCUT2D eigenvalue weighted by molar-refractivity contribution is 0.272. The van der Waals surface area contributed by atoms with Gasteiger partial charge in [0.05, 0.1) is 0 Å². The summed E-state index contributed by atoms with van der Waals surface area (Å²) in [5.41, 5.74) is 5.80. The van der Waals surface area contributed by atoms with Gasteiger partial charge in [0.1, 0.15) is 0 Å². The second kappa shape index (κ2) is 3.75. The van der Waals surface area contributed by atoms with E-state index in [-0.39, 0.29) is 0 Å². The third-order valence-electron chi connectivity index (χ3n) is 3.17. The Hall–Kier alpha value is -0.0800. The molecule has 2 fully saturated rings. The molecule has 1 aliphatic heterocycles. The summed E-state index contributed by atoms with van der Waals surface area (Å²) in [5.74, 6) is 0.836. The third kappa shape index (κ3) is 2.20. The first-order valence-corrected chi connectivity index (χ1v) is 5.34. The lowest BCUT2D eigenvalue weighted by Crippen LogP contribution is -2.28. The maximum atomic E-state index is 5.80. The lowest BCUT2D eigenvalue weighted by atomic mass is 10.2. The van der Waals surface area contributed by atoms with Crippen LogP contribution in [0.25, 0.3) is 0 Å². The highest BCUT2D eigenvalue weighted by atomic mass is 15.1. The molecule has 2 aliphatic rings. The van der Waals surface area contributed by atoms with Gasteiger partial charge in [-0.25, -0.2) is 0 Å². The predicted molar refractivity (Wildman–Crippen MR) is 51.0 cm³/mol. The predicted octanol–water partition coefficient (Wildman–Crippen LogP) is 1.21. The van der Waals surface area contributed by atoms with Gasteiger partial charge in [-0.05, 0) is 38.3 Å². The van der Waals surface area contributed by atoms with Gasteiger partial charge in [0.15, 0.2) is 0 Å². The second-order valence-corrected chi connectivity index (χ2v) is 4.37. The molecule has 1 saturated carbocycles. The molecule has 70 valence electrons. The van der Waals surface area contributed by atoms with Crippen LogP contribution in [0, 0.1) is 5.92 Å². The van der Waals surface area contributed by atoms with Crippen LogP contribution in [0.3, 0.4) is 0 Å². The van der Waals surface area contributed by atoms with Crippen LogP contribution in [0.1, 0.15) is 32.1 Å². The van der Waals surface area contributed by atoms with Crippen LogP contribution < -0.4 is 5.73 Å². The lowest BCUT2D eigenvalue weighted by Gasteiger charge is -2.19. The fourth-order valence-electron chi connectivity index (χ4n) is 2.13. The van der Waals surface area contributed by atoms with Crippen LogP contribution in [-0.2, 0) is 0 Å². The van der Waals surface area contributed by atoms with E-state index in [0.29, 0.717) is 6.04 Å². The van der Waals surface area contributed by atoms with Gasteiger partial charge >= 0.3 is 0 Å². The molecule has 2 nitrogen and oxygen atoms in total. The first-order valence-electron chi connectivity index (χ1n) is 5.34. The summed E-state index contributed by atoms with van der Waals surface area (Å²) in [6, 6.07) is 0.535. The van der Waals surface area contributed by atoms with Crippen LogP contribution in [0.5, 0.6) is 0 Å². The van der Waals surface area contributed by atoms with Gasteiger partial charge in [0, 0.05) is 12.6 Å². The molecule has 0 aromatic heterocycles. The molecule has 0 aromatic rings. The number of hydrogen-bond donors (Lipinski definition) is 1. The average molecular weight is 168 g/mol. The molecule has 0 spiro atoms. The molecule has 1 saturated heterocycles. The van der Waals surface area contributed by atoms with Crippen molar-refractivity contribution >= 4 is 0 Å². The van der Waals surface area contributed by atoms with E-state index in [0.717, 1.165) is 5.92 Å². The van der Waals surface area contributed by atoms with E-state index < -0.39 is 0 Å². The molecule has 12 heavy (non-hydrogen) atoms. The van der Waals surface area contributed by atoms with Crippen molar-refractivity contribution in [3.8, 4) is 0 Å². The smallest absolute Gasteiger partial charge is 0.00836 e.